The van der Waals surface area contributed by atoms with E-state index in [1.807, 2.05) is 0 Å². The minimum Gasteiger partial charge on any atom is -0.442 e. The minimum atomic E-state index is -0.623. The Kier molecular flexibility index (Phi) is 6.13. The summed E-state index contributed by atoms with van der Waals surface area (Å²) in [6.07, 6.45) is 3.83. The lowest BCUT2D eigenvalue weighted by molar-refractivity contribution is -0.127. The molecule has 0 unspecified atom stereocenters. The molecule has 1 saturated heterocycles. The Morgan fingerprint density at radius 3 is 2.79 bits per heavy atom. The Morgan fingerprint density at radius 2 is 2.17 bits per heavy atom. The van der Waals surface area contributed by atoms with Crippen LogP contribution in [0.15, 0.2) is 36.6 Å². The average molecular weight is 404 g/mol. The van der Waals surface area contributed by atoms with Gasteiger partial charge < -0.3 is 15.2 Å². The van der Waals surface area contributed by atoms with Gasteiger partial charge >= 0.3 is 6.09 Å². The fraction of sp³-hybridized carbons (Fsp3) is 0.316. The number of nitrogens with one attached hydrogen (secondary N) is 2. The van der Waals surface area contributed by atoms with E-state index in [2.05, 4.69) is 10.7 Å². The van der Waals surface area contributed by atoms with E-state index in [-0.39, 0.29) is 19.0 Å². The van der Waals surface area contributed by atoms with Crippen molar-refractivity contribution in [3.8, 4) is 0 Å². The summed E-state index contributed by atoms with van der Waals surface area (Å²) in [5.41, 5.74) is 3.79. The van der Waals surface area contributed by atoms with Crippen molar-refractivity contribution >= 4 is 29.2 Å². The lowest BCUT2D eigenvalue weighted by Crippen LogP contribution is -2.40. The number of nitrogens with zero attached hydrogens (tertiary/aromatic N) is 2. The van der Waals surface area contributed by atoms with Crippen molar-refractivity contribution in [2.24, 2.45) is 0 Å². The normalized spacial score (nSPS) is 18.4. The van der Waals surface area contributed by atoms with Gasteiger partial charge in [-0.05, 0) is 29.8 Å². The van der Waals surface area contributed by atoms with E-state index in [9.17, 15) is 18.8 Å². The molecule has 1 aromatic rings. The summed E-state index contributed by atoms with van der Waals surface area (Å²) in [4.78, 5) is 35.6. The van der Waals surface area contributed by atoms with Gasteiger partial charge in [-0.1, -0.05) is 6.08 Å². The number of amides is 3. The maximum atomic E-state index is 14.7. The molecule has 3 rings (SSSR count). The molecular formula is C19H21FN4O5. The van der Waals surface area contributed by atoms with Gasteiger partial charge in [0.2, 0.25) is 5.91 Å². The predicted molar refractivity (Wildman–Crippen MR) is 102 cm³/mol. The molecule has 0 aromatic heterocycles. The van der Waals surface area contributed by atoms with Crippen LogP contribution < -0.4 is 15.6 Å². The van der Waals surface area contributed by atoms with Crippen molar-refractivity contribution in [2.45, 2.75) is 13.0 Å². The molecule has 2 heterocycles. The van der Waals surface area contributed by atoms with Gasteiger partial charge in [0.1, 0.15) is 18.5 Å². The molecule has 9 nitrogen and oxygen atoms in total. The highest BCUT2D eigenvalue weighted by atomic mass is 19.1. The summed E-state index contributed by atoms with van der Waals surface area (Å²) < 4.78 is 19.9. The number of ether oxygens (including phenoxy) is 1. The minimum absolute atomic E-state index is 0.194. The molecule has 2 aliphatic heterocycles. The quantitative estimate of drug-likeness (QED) is 0.638. The number of carbonyl (C=O) groups excluding carboxylic acids is 3. The summed E-state index contributed by atoms with van der Waals surface area (Å²) in [6, 6.07) is 4.44. The second kappa shape index (κ2) is 8.74. The van der Waals surface area contributed by atoms with Crippen LogP contribution in [0.1, 0.15) is 12.5 Å². The van der Waals surface area contributed by atoms with Crippen LogP contribution in [0.3, 0.4) is 0 Å². The number of carbonyl (C=O) groups is 3. The fourth-order valence-corrected chi connectivity index (χ4v) is 2.98. The smallest absolute Gasteiger partial charge is 0.414 e. The first-order valence-electron chi connectivity index (χ1n) is 8.95. The Bertz CT molecular complexity index is 885. The Labute approximate surface area is 166 Å². The number of allylic oxidation sites excluding steroid dienone is 2. The SMILES string of the molecule is CC(=O)NC[C@H]1CN(c2ccc(C3=CCN(NC(=O)CO)C=C3)c(F)c2)C(=O)O1. The first-order valence-corrected chi connectivity index (χ1v) is 8.95. The van der Waals surface area contributed by atoms with Crippen LogP contribution >= 0.6 is 0 Å². The van der Waals surface area contributed by atoms with Gasteiger partial charge in [0.05, 0.1) is 25.3 Å². The molecule has 0 saturated carbocycles. The zero-order valence-corrected chi connectivity index (χ0v) is 15.7. The number of hydrogen-bond donors (Lipinski definition) is 3. The first-order chi connectivity index (χ1) is 13.9. The zero-order valence-electron chi connectivity index (χ0n) is 15.7. The largest absolute Gasteiger partial charge is 0.442 e. The van der Waals surface area contributed by atoms with Crippen molar-refractivity contribution in [1.82, 2.24) is 15.8 Å². The summed E-state index contributed by atoms with van der Waals surface area (Å²) in [6.45, 7) is 1.46. The highest BCUT2D eigenvalue weighted by Crippen LogP contribution is 2.28. The molecule has 1 aromatic carbocycles. The van der Waals surface area contributed by atoms with Crippen molar-refractivity contribution < 1.29 is 28.6 Å². The number of aliphatic hydroxyl groups is 1. The van der Waals surface area contributed by atoms with Crippen molar-refractivity contribution in [3.05, 3.63) is 47.9 Å². The van der Waals surface area contributed by atoms with Crippen molar-refractivity contribution in [1.29, 1.82) is 0 Å². The second-order valence-corrected chi connectivity index (χ2v) is 6.54. The summed E-state index contributed by atoms with van der Waals surface area (Å²) >= 11 is 0. The van der Waals surface area contributed by atoms with E-state index in [1.54, 1.807) is 30.5 Å². The number of rotatable bonds is 6. The average Bonchev–Trinajstić information content (AvgIpc) is 3.07. The summed E-state index contributed by atoms with van der Waals surface area (Å²) in [5.74, 6) is -1.28. The van der Waals surface area contributed by atoms with Crippen molar-refractivity contribution in [3.63, 3.8) is 0 Å². The molecule has 0 radical (unpaired) electrons. The summed E-state index contributed by atoms with van der Waals surface area (Å²) in [5, 5.41) is 12.8. The van der Waals surface area contributed by atoms with Gasteiger partial charge in [0.15, 0.2) is 0 Å². The molecular weight excluding hydrogens is 383 g/mol. The van der Waals surface area contributed by atoms with Crippen LogP contribution in [-0.4, -0.2) is 60.4 Å². The van der Waals surface area contributed by atoms with E-state index in [0.29, 0.717) is 23.4 Å². The standard InChI is InChI=1S/C19H21FN4O5/c1-12(26)21-9-15-10-24(19(28)29-15)14-2-3-16(17(20)8-14)13-4-6-23(7-5-13)22-18(27)11-25/h2-6,8,15,25H,7,9-11H2,1H3,(H,21,26)(H,22,27)/t15-/m0/s1. The maximum absolute atomic E-state index is 14.7. The Balaban J connectivity index is 1.67. The molecule has 29 heavy (non-hydrogen) atoms. The molecule has 10 heteroatoms. The molecule has 3 amide bonds. The topological polar surface area (TPSA) is 111 Å². The van der Waals surface area contributed by atoms with Crippen LogP contribution in [-0.2, 0) is 14.3 Å². The van der Waals surface area contributed by atoms with Crippen molar-refractivity contribution in [2.75, 3.05) is 31.1 Å². The maximum Gasteiger partial charge on any atom is 0.414 e. The molecule has 1 fully saturated rings. The second-order valence-electron chi connectivity index (χ2n) is 6.54. The van der Waals surface area contributed by atoms with E-state index < -0.39 is 30.5 Å². The third kappa shape index (κ3) is 4.91. The third-order valence-corrected chi connectivity index (χ3v) is 4.38. The highest BCUT2D eigenvalue weighted by molar-refractivity contribution is 5.90. The number of cyclic esters (lactones) is 1. The number of halogens is 1. The van der Waals surface area contributed by atoms with Crippen LogP contribution in [0, 0.1) is 5.82 Å². The number of hydrazine groups is 1. The monoisotopic (exact) mass is 404 g/mol. The first kappa shape index (κ1) is 20.3. The van der Waals surface area contributed by atoms with Gasteiger partial charge in [-0.25, -0.2) is 9.18 Å². The lowest BCUT2D eigenvalue weighted by atomic mass is 10.0. The van der Waals surface area contributed by atoms with Crippen LogP contribution in [0.5, 0.6) is 0 Å². The van der Waals surface area contributed by atoms with E-state index >= 15 is 0 Å². The van der Waals surface area contributed by atoms with Gasteiger partial charge in [0, 0.05) is 18.7 Å². The molecule has 2 aliphatic rings. The number of hydrogen-bond acceptors (Lipinski definition) is 6. The Morgan fingerprint density at radius 1 is 1.38 bits per heavy atom. The molecule has 0 bridgehead atoms. The number of aliphatic hydroxyl groups excluding tert-OH is 1. The number of benzene rings is 1. The molecule has 0 aliphatic carbocycles. The molecule has 154 valence electrons. The van der Waals surface area contributed by atoms with E-state index in [4.69, 9.17) is 9.84 Å². The molecule has 1 atom stereocenters. The summed E-state index contributed by atoms with van der Waals surface area (Å²) in [7, 11) is 0. The zero-order chi connectivity index (χ0) is 21.0. The Hall–Kier alpha value is -3.40. The van der Waals surface area contributed by atoms with E-state index in [0.717, 1.165) is 0 Å². The van der Waals surface area contributed by atoms with Gasteiger partial charge in [0.25, 0.3) is 5.91 Å². The van der Waals surface area contributed by atoms with Crippen LogP contribution in [0.25, 0.3) is 5.57 Å². The van der Waals surface area contributed by atoms with Gasteiger partial charge in [-0.2, -0.15) is 0 Å². The van der Waals surface area contributed by atoms with Gasteiger partial charge in [-0.3, -0.25) is 24.9 Å². The lowest BCUT2D eigenvalue weighted by Gasteiger charge is -2.23. The highest BCUT2D eigenvalue weighted by Gasteiger charge is 2.32. The molecule has 3 N–H and O–H groups in total. The van der Waals surface area contributed by atoms with Crippen LogP contribution in [0.4, 0.5) is 14.9 Å². The fourth-order valence-electron chi connectivity index (χ4n) is 2.98. The van der Waals surface area contributed by atoms with Crippen LogP contribution in [0.2, 0.25) is 0 Å². The molecule has 0 spiro atoms. The third-order valence-electron chi connectivity index (χ3n) is 4.38. The van der Waals surface area contributed by atoms with Gasteiger partial charge in [-0.15, -0.1) is 0 Å². The van der Waals surface area contributed by atoms with E-state index in [1.165, 1.54) is 22.9 Å². The predicted octanol–water partition coefficient (Wildman–Crippen LogP) is 0.523. The number of anilines is 1.